The van der Waals surface area contributed by atoms with Crippen molar-refractivity contribution in [3.05, 3.63) is 53.0 Å². The van der Waals surface area contributed by atoms with Crippen molar-refractivity contribution in [1.29, 1.82) is 0 Å². The third-order valence-corrected chi connectivity index (χ3v) is 5.91. The standard InChI is InChI=1S/C21H24N4O2/c1-14-12-17(15(2)27-14)19-22-23-20(24(19)3)25-10-11-26-21(13-25)9-8-16-6-4-5-7-18(16)21/h4-7,12H,8-11,13H2,1-3H3. The third-order valence-electron chi connectivity index (χ3n) is 5.91. The van der Waals surface area contributed by atoms with Crippen LogP contribution < -0.4 is 4.90 Å². The largest absolute Gasteiger partial charge is 0.466 e. The molecule has 6 heteroatoms. The summed E-state index contributed by atoms with van der Waals surface area (Å²) >= 11 is 0. The van der Waals surface area contributed by atoms with Gasteiger partial charge in [0.25, 0.3) is 0 Å². The molecule has 0 saturated carbocycles. The molecule has 2 aromatic heterocycles. The summed E-state index contributed by atoms with van der Waals surface area (Å²) < 4.78 is 14.1. The molecular formula is C21H24N4O2. The van der Waals surface area contributed by atoms with E-state index in [2.05, 4.69) is 43.9 Å². The normalized spacial score (nSPS) is 21.8. The quantitative estimate of drug-likeness (QED) is 0.698. The number of anilines is 1. The Balaban J connectivity index is 1.49. The fourth-order valence-corrected chi connectivity index (χ4v) is 4.61. The molecule has 2 aliphatic rings. The Morgan fingerprint density at radius 3 is 2.81 bits per heavy atom. The van der Waals surface area contributed by atoms with E-state index in [0.717, 1.165) is 54.8 Å². The van der Waals surface area contributed by atoms with Crippen molar-refractivity contribution in [2.45, 2.75) is 32.3 Å². The topological polar surface area (TPSA) is 56.3 Å². The zero-order valence-corrected chi connectivity index (χ0v) is 16.0. The average Bonchev–Trinajstić information content (AvgIpc) is 3.32. The van der Waals surface area contributed by atoms with Crippen molar-refractivity contribution >= 4 is 5.95 Å². The van der Waals surface area contributed by atoms with Crippen molar-refractivity contribution in [1.82, 2.24) is 14.8 Å². The van der Waals surface area contributed by atoms with Crippen LogP contribution >= 0.6 is 0 Å². The Morgan fingerprint density at radius 1 is 1.15 bits per heavy atom. The average molecular weight is 364 g/mol. The van der Waals surface area contributed by atoms with E-state index in [1.54, 1.807) is 0 Å². The van der Waals surface area contributed by atoms with Crippen molar-refractivity contribution in [3.8, 4) is 11.4 Å². The minimum absolute atomic E-state index is 0.233. The zero-order chi connectivity index (χ0) is 18.6. The number of hydrogen-bond acceptors (Lipinski definition) is 5. The molecule has 1 aliphatic heterocycles. The van der Waals surface area contributed by atoms with Gasteiger partial charge in [0.05, 0.1) is 18.7 Å². The summed E-state index contributed by atoms with van der Waals surface area (Å²) in [5, 5.41) is 8.98. The molecule has 1 atom stereocenters. The molecule has 0 bridgehead atoms. The van der Waals surface area contributed by atoms with Crippen LogP contribution in [0.1, 0.15) is 29.1 Å². The highest BCUT2D eigenvalue weighted by atomic mass is 16.5. The van der Waals surface area contributed by atoms with Gasteiger partial charge in [0.15, 0.2) is 5.82 Å². The second kappa shape index (κ2) is 5.96. The summed E-state index contributed by atoms with van der Waals surface area (Å²) in [4.78, 5) is 2.31. The van der Waals surface area contributed by atoms with Gasteiger partial charge in [-0.15, -0.1) is 10.2 Å². The lowest BCUT2D eigenvalue weighted by Crippen LogP contribution is -2.49. The molecule has 27 heavy (non-hydrogen) atoms. The van der Waals surface area contributed by atoms with Crippen molar-refractivity contribution in [3.63, 3.8) is 0 Å². The molecule has 6 nitrogen and oxygen atoms in total. The number of ether oxygens (including phenoxy) is 1. The monoisotopic (exact) mass is 364 g/mol. The fourth-order valence-electron chi connectivity index (χ4n) is 4.61. The van der Waals surface area contributed by atoms with E-state index < -0.39 is 0 Å². The molecule has 0 radical (unpaired) electrons. The van der Waals surface area contributed by atoms with Crippen LogP contribution in [0, 0.1) is 13.8 Å². The first-order valence-electron chi connectivity index (χ1n) is 9.51. The molecule has 1 spiro atoms. The maximum atomic E-state index is 6.34. The highest BCUT2D eigenvalue weighted by molar-refractivity contribution is 5.60. The molecule has 140 valence electrons. The van der Waals surface area contributed by atoms with Gasteiger partial charge in [0, 0.05) is 13.6 Å². The molecule has 1 aliphatic carbocycles. The van der Waals surface area contributed by atoms with Gasteiger partial charge in [-0.1, -0.05) is 24.3 Å². The highest BCUT2D eigenvalue weighted by Gasteiger charge is 2.44. The van der Waals surface area contributed by atoms with Crippen LogP contribution in [0.5, 0.6) is 0 Å². The predicted molar refractivity (Wildman–Crippen MR) is 103 cm³/mol. The van der Waals surface area contributed by atoms with Crippen LogP contribution in [0.25, 0.3) is 11.4 Å². The molecule has 5 rings (SSSR count). The van der Waals surface area contributed by atoms with Gasteiger partial charge in [-0.25, -0.2) is 0 Å². The van der Waals surface area contributed by atoms with Crippen molar-refractivity contribution in [2.75, 3.05) is 24.6 Å². The number of nitrogens with zero attached hydrogens (tertiary/aromatic N) is 4. The van der Waals surface area contributed by atoms with Gasteiger partial charge < -0.3 is 14.1 Å². The summed E-state index contributed by atoms with van der Waals surface area (Å²) in [5.74, 6) is 3.49. The summed E-state index contributed by atoms with van der Waals surface area (Å²) in [6.07, 6.45) is 2.09. The zero-order valence-electron chi connectivity index (χ0n) is 16.0. The number of rotatable bonds is 2. The lowest BCUT2D eigenvalue weighted by molar-refractivity contribution is -0.0597. The smallest absolute Gasteiger partial charge is 0.227 e. The Kier molecular flexibility index (Phi) is 3.65. The van der Waals surface area contributed by atoms with Gasteiger partial charge in [0.2, 0.25) is 5.95 Å². The lowest BCUT2D eigenvalue weighted by Gasteiger charge is -2.41. The molecule has 1 saturated heterocycles. The maximum Gasteiger partial charge on any atom is 0.227 e. The van der Waals surface area contributed by atoms with E-state index in [4.69, 9.17) is 9.15 Å². The molecule has 0 N–H and O–H groups in total. The molecule has 0 amide bonds. The number of fused-ring (bicyclic) bond motifs is 2. The number of morpholine rings is 1. The van der Waals surface area contributed by atoms with Crippen molar-refractivity contribution < 1.29 is 9.15 Å². The van der Waals surface area contributed by atoms with E-state index in [1.807, 2.05) is 27.0 Å². The minimum Gasteiger partial charge on any atom is -0.466 e. The Bertz CT molecular complexity index is 1000. The Morgan fingerprint density at radius 2 is 2.00 bits per heavy atom. The Labute approximate surface area is 158 Å². The summed E-state index contributed by atoms with van der Waals surface area (Å²) in [7, 11) is 2.02. The summed E-state index contributed by atoms with van der Waals surface area (Å²) in [6.45, 7) is 6.24. The van der Waals surface area contributed by atoms with E-state index in [-0.39, 0.29) is 5.60 Å². The summed E-state index contributed by atoms with van der Waals surface area (Å²) in [5.41, 5.74) is 3.51. The van der Waals surface area contributed by atoms with E-state index >= 15 is 0 Å². The van der Waals surface area contributed by atoms with Gasteiger partial charge in [-0.05, 0) is 43.9 Å². The SMILES string of the molecule is Cc1cc(-c2nnc(N3CCOC4(CCc5ccccc54)C3)n2C)c(C)o1. The van der Waals surface area contributed by atoms with Crippen LogP contribution in [-0.4, -0.2) is 34.5 Å². The number of aromatic nitrogens is 3. The van der Waals surface area contributed by atoms with Crippen LogP contribution in [0.2, 0.25) is 0 Å². The molecule has 3 heterocycles. The molecular weight excluding hydrogens is 340 g/mol. The molecule has 3 aromatic rings. The number of aryl methyl sites for hydroxylation is 3. The molecule has 1 unspecified atom stereocenters. The second-order valence-corrected chi connectivity index (χ2v) is 7.63. The minimum atomic E-state index is -0.233. The maximum absolute atomic E-state index is 6.34. The number of benzene rings is 1. The first kappa shape index (κ1) is 16.6. The van der Waals surface area contributed by atoms with Gasteiger partial charge in [0.1, 0.15) is 17.1 Å². The number of hydrogen-bond donors (Lipinski definition) is 0. The highest BCUT2D eigenvalue weighted by Crippen LogP contribution is 2.43. The van der Waals surface area contributed by atoms with Crippen LogP contribution in [0.15, 0.2) is 34.7 Å². The predicted octanol–water partition coefficient (Wildman–Crippen LogP) is 3.37. The lowest BCUT2D eigenvalue weighted by atomic mass is 9.94. The second-order valence-electron chi connectivity index (χ2n) is 7.63. The van der Waals surface area contributed by atoms with E-state index in [1.165, 1.54) is 11.1 Å². The van der Waals surface area contributed by atoms with Gasteiger partial charge in [-0.3, -0.25) is 4.57 Å². The molecule has 1 aromatic carbocycles. The Hall–Kier alpha value is -2.60. The fraction of sp³-hybridized carbons (Fsp3) is 0.429. The van der Waals surface area contributed by atoms with E-state index in [0.29, 0.717) is 6.61 Å². The van der Waals surface area contributed by atoms with Gasteiger partial charge >= 0.3 is 0 Å². The number of furan rings is 1. The van der Waals surface area contributed by atoms with E-state index in [9.17, 15) is 0 Å². The van der Waals surface area contributed by atoms with Crippen LogP contribution in [-0.2, 0) is 23.8 Å². The molecule has 1 fully saturated rings. The van der Waals surface area contributed by atoms with Gasteiger partial charge in [-0.2, -0.15) is 0 Å². The third kappa shape index (κ3) is 2.51. The van der Waals surface area contributed by atoms with Crippen LogP contribution in [0.3, 0.4) is 0 Å². The first-order chi connectivity index (χ1) is 13.1. The first-order valence-corrected chi connectivity index (χ1v) is 9.51. The van der Waals surface area contributed by atoms with Crippen LogP contribution in [0.4, 0.5) is 5.95 Å². The van der Waals surface area contributed by atoms with Crippen molar-refractivity contribution in [2.24, 2.45) is 7.05 Å². The summed E-state index contributed by atoms with van der Waals surface area (Å²) in [6, 6.07) is 10.7.